The molecule has 3 rings (SSSR count). The Hall–Kier alpha value is -3.19. The van der Waals surface area contributed by atoms with Gasteiger partial charge in [0, 0.05) is 27.9 Å². The predicted octanol–water partition coefficient (Wildman–Crippen LogP) is 3.57. The van der Waals surface area contributed by atoms with E-state index in [1.54, 1.807) is 51.1 Å². The van der Waals surface area contributed by atoms with E-state index in [-0.39, 0.29) is 28.5 Å². The molecular weight excluding hydrogens is 479 g/mol. The maximum absolute atomic E-state index is 15.2. The fraction of sp³-hybridized carbons (Fsp3) is 0.250. The Bertz CT molecular complexity index is 1410. The number of carbonyl (C=O) groups excluding carboxylic acids is 1. The van der Waals surface area contributed by atoms with Gasteiger partial charge < -0.3 is 11.1 Å². The first-order valence-electron chi connectivity index (χ1n) is 10.2. The van der Waals surface area contributed by atoms with E-state index in [1.165, 1.54) is 12.1 Å². The van der Waals surface area contributed by atoms with Crippen LogP contribution in [0.5, 0.6) is 0 Å². The molecule has 0 fully saturated rings. The second-order valence-electron chi connectivity index (χ2n) is 8.59. The molecular formula is C24H24ClFN4O3S. The van der Waals surface area contributed by atoms with Gasteiger partial charge in [-0.15, -0.1) is 0 Å². The smallest absolute Gasteiger partial charge is 0.273 e. The minimum atomic E-state index is -3.98. The minimum absolute atomic E-state index is 0.0397. The van der Waals surface area contributed by atoms with Gasteiger partial charge in [0.2, 0.25) is 0 Å². The summed E-state index contributed by atoms with van der Waals surface area (Å²) in [5.74, 6) is 3.98. The van der Waals surface area contributed by atoms with Gasteiger partial charge in [-0.1, -0.05) is 35.6 Å². The van der Waals surface area contributed by atoms with Crippen molar-refractivity contribution in [3.05, 3.63) is 64.6 Å². The van der Waals surface area contributed by atoms with Crippen LogP contribution in [0, 0.1) is 17.7 Å². The van der Waals surface area contributed by atoms with Crippen LogP contribution in [0.3, 0.4) is 0 Å². The van der Waals surface area contributed by atoms with Crippen LogP contribution in [0.1, 0.15) is 36.8 Å². The lowest BCUT2D eigenvalue weighted by Gasteiger charge is -2.19. The van der Waals surface area contributed by atoms with Crippen LogP contribution in [0.2, 0.25) is 5.02 Å². The highest BCUT2D eigenvalue weighted by Gasteiger charge is 2.33. The Balaban J connectivity index is 2.37. The number of sulfone groups is 1. The number of amides is 1. The molecule has 1 heterocycles. The number of benzene rings is 2. The number of nitrogens with zero attached hydrogens (tertiary/aromatic N) is 2. The molecule has 10 heteroatoms. The van der Waals surface area contributed by atoms with Crippen molar-refractivity contribution in [1.82, 2.24) is 15.1 Å². The van der Waals surface area contributed by atoms with Gasteiger partial charge >= 0.3 is 0 Å². The van der Waals surface area contributed by atoms with Gasteiger partial charge in [-0.05, 0) is 51.1 Å². The molecule has 34 heavy (non-hydrogen) atoms. The molecule has 0 radical (unpaired) electrons. The molecule has 7 nitrogen and oxygen atoms in total. The van der Waals surface area contributed by atoms with E-state index in [9.17, 15) is 13.2 Å². The van der Waals surface area contributed by atoms with Crippen molar-refractivity contribution in [2.75, 3.05) is 12.8 Å². The number of hydrogen-bond donors (Lipinski definition) is 2. The molecule has 0 aliphatic heterocycles. The van der Waals surface area contributed by atoms with Crippen LogP contribution < -0.4 is 11.1 Å². The maximum atomic E-state index is 15.2. The van der Waals surface area contributed by atoms with E-state index in [1.807, 2.05) is 0 Å². The van der Waals surface area contributed by atoms with Crippen molar-refractivity contribution < 1.29 is 17.6 Å². The van der Waals surface area contributed by atoms with E-state index in [2.05, 4.69) is 22.3 Å². The average Bonchev–Trinajstić information content (AvgIpc) is 3.13. The molecule has 1 aromatic heterocycles. The molecule has 0 atom stereocenters. The Morgan fingerprint density at radius 2 is 1.85 bits per heavy atom. The van der Waals surface area contributed by atoms with E-state index in [4.69, 9.17) is 17.3 Å². The third-order valence-electron chi connectivity index (χ3n) is 4.54. The molecule has 3 N–H and O–H groups in total. The molecule has 178 valence electrons. The minimum Gasteiger partial charge on any atom is -0.346 e. The maximum Gasteiger partial charge on any atom is 0.273 e. The summed E-state index contributed by atoms with van der Waals surface area (Å²) in [6.45, 7) is 5.38. The van der Waals surface area contributed by atoms with Crippen LogP contribution in [-0.2, 0) is 9.84 Å². The summed E-state index contributed by atoms with van der Waals surface area (Å²) in [7, 11) is -3.98. The van der Waals surface area contributed by atoms with Crippen molar-refractivity contribution in [3.63, 3.8) is 0 Å². The van der Waals surface area contributed by atoms with E-state index < -0.39 is 27.1 Å². The molecule has 2 aromatic carbocycles. The molecule has 3 aromatic rings. The second kappa shape index (κ2) is 9.58. The van der Waals surface area contributed by atoms with Crippen molar-refractivity contribution in [3.8, 4) is 28.8 Å². The SMILES string of the molecule is CC(C)(C)NC(=O)c1nn(-c2ccc(C#CCN)cc2F)c(-c2ccc(Cl)cc2)c1S(C)(=O)=O. The van der Waals surface area contributed by atoms with E-state index in [0.717, 1.165) is 10.9 Å². The third kappa shape index (κ3) is 5.65. The van der Waals surface area contributed by atoms with Gasteiger partial charge in [-0.2, -0.15) is 5.10 Å². The molecule has 0 aliphatic carbocycles. The lowest BCUT2D eigenvalue weighted by molar-refractivity contribution is 0.0910. The zero-order valence-electron chi connectivity index (χ0n) is 19.1. The summed E-state index contributed by atoms with van der Waals surface area (Å²) in [6.07, 6.45) is 0.976. The molecule has 0 spiro atoms. The van der Waals surface area contributed by atoms with Crippen molar-refractivity contribution in [2.24, 2.45) is 5.73 Å². The number of halogens is 2. The topological polar surface area (TPSA) is 107 Å². The van der Waals surface area contributed by atoms with Crippen molar-refractivity contribution in [2.45, 2.75) is 31.2 Å². The quantitative estimate of drug-likeness (QED) is 0.530. The van der Waals surface area contributed by atoms with Crippen LogP contribution in [0.25, 0.3) is 16.9 Å². The summed E-state index contributed by atoms with van der Waals surface area (Å²) >= 11 is 6.01. The van der Waals surface area contributed by atoms with E-state index >= 15 is 4.39 Å². The van der Waals surface area contributed by atoms with Crippen LogP contribution in [0.15, 0.2) is 47.4 Å². The lowest BCUT2D eigenvalue weighted by atomic mass is 10.1. The highest BCUT2D eigenvalue weighted by atomic mass is 35.5. The highest BCUT2D eigenvalue weighted by molar-refractivity contribution is 7.91. The summed E-state index contributed by atoms with van der Waals surface area (Å²) in [5.41, 5.74) is 5.14. The molecule has 0 aliphatic rings. The zero-order chi connectivity index (χ0) is 25.3. The van der Waals surface area contributed by atoms with Crippen LogP contribution >= 0.6 is 11.6 Å². The fourth-order valence-electron chi connectivity index (χ4n) is 3.25. The molecule has 0 saturated carbocycles. The molecule has 0 unspecified atom stereocenters. The highest BCUT2D eigenvalue weighted by Crippen LogP contribution is 2.34. The first-order chi connectivity index (χ1) is 15.8. The average molecular weight is 503 g/mol. The van der Waals surface area contributed by atoms with E-state index in [0.29, 0.717) is 16.1 Å². The summed E-state index contributed by atoms with van der Waals surface area (Å²) < 4.78 is 42.1. The van der Waals surface area contributed by atoms with Gasteiger partial charge in [0.05, 0.1) is 12.2 Å². The largest absolute Gasteiger partial charge is 0.346 e. The summed E-state index contributed by atoms with van der Waals surface area (Å²) in [5, 5.41) is 7.43. The Kier molecular flexibility index (Phi) is 7.17. The van der Waals surface area contributed by atoms with Gasteiger partial charge in [-0.3, -0.25) is 4.79 Å². The van der Waals surface area contributed by atoms with Crippen molar-refractivity contribution >= 4 is 27.3 Å². The number of aromatic nitrogens is 2. The fourth-order valence-corrected chi connectivity index (χ4v) is 4.41. The normalized spacial score (nSPS) is 11.6. The second-order valence-corrected chi connectivity index (χ2v) is 11.0. The number of nitrogens with two attached hydrogens (primary N) is 1. The van der Waals surface area contributed by atoms with Gasteiger partial charge in [0.15, 0.2) is 15.5 Å². The third-order valence-corrected chi connectivity index (χ3v) is 5.92. The standard InChI is InChI=1S/C24H24ClFN4O3S/c1-24(2,3)28-23(31)20-22(34(4,32)33)21(16-8-10-17(25)11-9-16)30(29-20)19-12-7-15(6-5-13-27)14-18(19)26/h7-12,14H,13,27H2,1-4H3,(H,28,31). The molecule has 0 saturated heterocycles. The number of rotatable bonds is 4. The van der Waals surface area contributed by atoms with Crippen LogP contribution in [0.4, 0.5) is 4.39 Å². The predicted molar refractivity (Wildman–Crippen MR) is 130 cm³/mol. The first-order valence-corrected chi connectivity index (χ1v) is 12.5. The monoisotopic (exact) mass is 502 g/mol. The Labute approximate surface area is 203 Å². The van der Waals surface area contributed by atoms with Gasteiger partial charge in [-0.25, -0.2) is 17.5 Å². The summed E-state index contributed by atoms with van der Waals surface area (Å²) in [6, 6.07) is 10.5. The number of nitrogens with one attached hydrogen (secondary N) is 1. The number of hydrogen-bond acceptors (Lipinski definition) is 5. The molecule has 0 bridgehead atoms. The van der Waals surface area contributed by atoms with Crippen molar-refractivity contribution in [1.29, 1.82) is 0 Å². The van der Waals surface area contributed by atoms with Gasteiger partial charge in [0.25, 0.3) is 5.91 Å². The molecule has 1 amide bonds. The van der Waals surface area contributed by atoms with Gasteiger partial charge in [0.1, 0.15) is 16.4 Å². The zero-order valence-corrected chi connectivity index (χ0v) is 20.7. The lowest BCUT2D eigenvalue weighted by Crippen LogP contribution is -2.41. The first kappa shape index (κ1) is 25.4. The van der Waals surface area contributed by atoms with Crippen LogP contribution in [-0.4, -0.2) is 42.4 Å². The summed E-state index contributed by atoms with van der Waals surface area (Å²) in [4.78, 5) is 12.8. The Morgan fingerprint density at radius 1 is 1.21 bits per heavy atom. The Morgan fingerprint density at radius 3 is 2.38 bits per heavy atom. The number of carbonyl (C=O) groups is 1.